The van der Waals surface area contributed by atoms with E-state index in [2.05, 4.69) is 34.1 Å². The fourth-order valence-electron chi connectivity index (χ4n) is 2.89. The Morgan fingerprint density at radius 1 is 1.37 bits per heavy atom. The summed E-state index contributed by atoms with van der Waals surface area (Å²) >= 11 is 1.67. The highest BCUT2D eigenvalue weighted by molar-refractivity contribution is 7.15. The second-order valence-electron chi connectivity index (χ2n) is 6.59. The summed E-state index contributed by atoms with van der Waals surface area (Å²) in [4.78, 5) is 28.1. The number of rotatable bonds is 3. The van der Waals surface area contributed by atoms with Crippen molar-refractivity contribution in [3.8, 4) is 16.5 Å². The molecule has 4 aromatic rings. The number of aromatic amines is 2. The summed E-state index contributed by atoms with van der Waals surface area (Å²) in [6.45, 7) is 2.06. The summed E-state index contributed by atoms with van der Waals surface area (Å²) in [7, 11) is 0. The smallest absolute Gasteiger partial charge is 0.326 e. The molecule has 0 radical (unpaired) electrons. The third-order valence-electron chi connectivity index (χ3n) is 4.37. The molecule has 0 aromatic carbocycles. The van der Waals surface area contributed by atoms with Gasteiger partial charge in [0.2, 0.25) is 5.88 Å². The van der Waals surface area contributed by atoms with Gasteiger partial charge in [-0.25, -0.2) is 9.78 Å². The summed E-state index contributed by atoms with van der Waals surface area (Å²) in [5.74, 6) is -0.215. The molecule has 1 saturated carbocycles. The molecule has 0 bridgehead atoms. The zero-order chi connectivity index (χ0) is 18.5. The molecule has 5 rings (SSSR count). The van der Waals surface area contributed by atoms with Crippen LogP contribution >= 0.6 is 11.3 Å². The van der Waals surface area contributed by atoms with Gasteiger partial charge in [0.15, 0.2) is 11.1 Å². The van der Waals surface area contributed by atoms with Crippen LogP contribution in [0.3, 0.4) is 0 Å². The quantitative estimate of drug-likeness (QED) is 0.494. The number of hydrogen-bond donors (Lipinski definition) is 3. The number of H-pyrrole nitrogens is 2. The second kappa shape index (κ2) is 5.92. The maximum atomic E-state index is 11.4. The first-order valence-electron chi connectivity index (χ1n) is 8.59. The van der Waals surface area contributed by atoms with Crippen LogP contribution in [-0.2, 0) is 0 Å². The van der Waals surface area contributed by atoms with Crippen molar-refractivity contribution >= 4 is 23.1 Å². The molecule has 1 aliphatic rings. The first-order valence-corrected chi connectivity index (χ1v) is 9.41. The van der Waals surface area contributed by atoms with Crippen LogP contribution in [0.2, 0.25) is 0 Å². The highest BCUT2D eigenvalue weighted by atomic mass is 32.1. The summed E-state index contributed by atoms with van der Waals surface area (Å²) in [5.41, 5.74) is 2.04. The van der Waals surface area contributed by atoms with Gasteiger partial charge in [-0.3, -0.25) is 9.98 Å². The van der Waals surface area contributed by atoms with Crippen LogP contribution in [-0.4, -0.2) is 35.7 Å². The van der Waals surface area contributed by atoms with Gasteiger partial charge in [0.25, 0.3) is 0 Å². The molecule has 8 nitrogen and oxygen atoms in total. The van der Waals surface area contributed by atoms with Gasteiger partial charge < -0.3 is 10.1 Å². The van der Waals surface area contributed by atoms with Crippen LogP contribution in [0.25, 0.3) is 22.3 Å². The van der Waals surface area contributed by atoms with E-state index in [1.54, 1.807) is 28.1 Å². The molecular formula is C18H16N6O2S. The minimum Gasteiger partial charge on any atom is -0.493 e. The summed E-state index contributed by atoms with van der Waals surface area (Å²) < 4.78 is 1.70. The van der Waals surface area contributed by atoms with E-state index in [1.807, 2.05) is 6.07 Å². The minimum atomic E-state index is -0.470. The van der Waals surface area contributed by atoms with Crippen molar-refractivity contribution in [2.45, 2.75) is 25.8 Å². The zero-order valence-electron chi connectivity index (χ0n) is 14.4. The van der Waals surface area contributed by atoms with Crippen LogP contribution in [0, 0.1) is 6.92 Å². The lowest BCUT2D eigenvalue weighted by Gasteiger charge is -2.00. The molecule has 0 amide bonds. The van der Waals surface area contributed by atoms with Gasteiger partial charge in [0.05, 0.1) is 22.8 Å². The third kappa shape index (κ3) is 2.95. The maximum absolute atomic E-state index is 11.4. The second-order valence-corrected chi connectivity index (χ2v) is 7.88. The van der Waals surface area contributed by atoms with Gasteiger partial charge in [0.1, 0.15) is 5.69 Å². The summed E-state index contributed by atoms with van der Waals surface area (Å²) in [6.07, 6.45) is 5.49. The number of aryl methyl sites for hydroxylation is 1. The van der Waals surface area contributed by atoms with Crippen molar-refractivity contribution in [2.75, 3.05) is 0 Å². The Labute approximate surface area is 156 Å². The zero-order valence-corrected chi connectivity index (χ0v) is 15.2. The van der Waals surface area contributed by atoms with Crippen LogP contribution in [0.15, 0.2) is 34.2 Å². The summed E-state index contributed by atoms with van der Waals surface area (Å²) in [6, 6.07) is 6.42. The lowest BCUT2D eigenvalue weighted by molar-refractivity contribution is 0.454. The Morgan fingerprint density at radius 2 is 2.22 bits per heavy atom. The van der Waals surface area contributed by atoms with E-state index in [1.165, 1.54) is 4.88 Å². The lowest BCUT2D eigenvalue weighted by Crippen LogP contribution is -2.19. The van der Waals surface area contributed by atoms with Crippen LogP contribution < -0.4 is 16.4 Å². The number of imidazole rings is 1. The molecule has 27 heavy (non-hydrogen) atoms. The third-order valence-corrected chi connectivity index (χ3v) is 5.39. The summed E-state index contributed by atoms with van der Waals surface area (Å²) in [5, 5.41) is 14.9. The van der Waals surface area contributed by atoms with Crippen LogP contribution in [0.4, 0.5) is 0 Å². The molecule has 0 atom stereocenters. The molecule has 4 aromatic heterocycles. The van der Waals surface area contributed by atoms with Crippen molar-refractivity contribution in [3.05, 3.63) is 56.2 Å². The minimum absolute atomic E-state index is 0.215. The number of aromatic hydroxyl groups is 1. The van der Waals surface area contributed by atoms with Crippen molar-refractivity contribution in [1.29, 1.82) is 0 Å². The Morgan fingerprint density at radius 3 is 2.89 bits per heavy atom. The van der Waals surface area contributed by atoms with E-state index in [0.717, 1.165) is 28.9 Å². The van der Waals surface area contributed by atoms with Gasteiger partial charge in [-0.15, -0.1) is 11.3 Å². The van der Waals surface area contributed by atoms with Crippen molar-refractivity contribution < 1.29 is 5.11 Å². The standard InChI is InChI=1S/C18H16N6O2S/c1-9-2-5-14(27-9)12-7-15(20-11-3-4-11)24-16(21-12)10(8-19-24)6-13-17(25)23-18(26)22-13/h2,5-8,11,25H,3-4H2,1H3,(H2,22,23,26)/b10-6+,20-15?. The number of hydrogen-bond acceptors (Lipinski definition) is 6. The largest absolute Gasteiger partial charge is 0.493 e. The topological polar surface area (TPSA) is 111 Å². The Bertz CT molecular complexity index is 1340. The number of thiophene rings is 1. The van der Waals surface area contributed by atoms with Gasteiger partial charge in [-0.05, 0) is 38.0 Å². The van der Waals surface area contributed by atoms with E-state index in [-0.39, 0.29) is 11.6 Å². The van der Waals surface area contributed by atoms with Crippen molar-refractivity contribution in [2.24, 2.45) is 4.99 Å². The van der Waals surface area contributed by atoms with Gasteiger partial charge in [0, 0.05) is 16.2 Å². The SMILES string of the molecule is Cc1ccc(-c2cc(=NC3CC3)n3nc/c(=C\c4[nH]c(=O)[nH]c4O)c3n2)s1. The average Bonchev–Trinajstić information content (AvgIpc) is 3.04. The molecule has 136 valence electrons. The van der Waals surface area contributed by atoms with Crippen molar-refractivity contribution in [3.63, 3.8) is 0 Å². The Kier molecular flexibility index (Phi) is 3.51. The maximum Gasteiger partial charge on any atom is 0.326 e. The fourth-order valence-corrected chi connectivity index (χ4v) is 3.72. The number of nitrogens with one attached hydrogen (secondary N) is 2. The average molecular weight is 380 g/mol. The highest BCUT2D eigenvalue weighted by Crippen LogP contribution is 2.26. The molecule has 9 heteroatoms. The van der Waals surface area contributed by atoms with E-state index in [9.17, 15) is 9.90 Å². The fraction of sp³-hybridized carbons (Fsp3) is 0.222. The molecule has 0 unspecified atom stereocenters. The van der Waals surface area contributed by atoms with Gasteiger partial charge >= 0.3 is 5.69 Å². The molecule has 3 N–H and O–H groups in total. The normalized spacial score (nSPS) is 15.9. The number of aromatic nitrogens is 5. The first-order chi connectivity index (χ1) is 13.1. The van der Waals surface area contributed by atoms with Gasteiger partial charge in [-0.2, -0.15) is 9.61 Å². The molecule has 0 aliphatic heterocycles. The van der Waals surface area contributed by atoms with Crippen LogP contribution in [0.1, 0.15) is 23.4 Å². The molecule has 1 fully saturated rings. The number of nitrogens with zero attached hydrogens (tertiary/aromatic N) is 4. The van der Waals surface area contributed by atoms with Gasteiger partial charge in [-0.1, -0.05) is 0 Å². The predicted octanol–water partition coefficient (Wildman–Crippen LogP) is 1.10. The molecule has 0 saturated heterocycles. The lowest BCUT2D eigenvalue weighted by atomic mass is 10.3. The molecule has 0 spiro atoms. The van der Waals surface area contributed by atoms with Crippen LogP contribution in [0.5, 0.6) is 5.88 Å². The van der Waals surface area contributed by atoms with Crippen molar-refractivity contribution in [1.82, 2.24) is 24.6 Å². The molecular weight excluding hydrogens is 364 g/mol. The Hall–Kier alpha value is -3.20. The molecule has 1 aliphatic carbocycles. The Balaban J connectivity index is 1.79. The van der Waals surface area contributed by atoms with E-state index in [0.29, 0.717) is 16.9 Å². The monoisotopic (exact) mass is 380 g/mol. The van der Waals surface area contributed by atoms with E-state index < -0.39 is 5.69 Å². The highest BCUT2D eigenvalue weighted by Gasteiger charge is 2.20. The van der Waals surface area contributed by atoms with E-state index >= 15 is 0 Å². The predicted molar refractivity (Wildman–Crippen MR) is 101 cm³/mol. The number of fused-ring (bicyclic) bond motifs is 1. The molecule has 4 heterocycles. The first kappa shape index (κ1) is 16.0. The van der Waals surface area contributed by atoms with E-state index in [4.69, 9.17) is 9.98 Å².